The van der Waals surface area contributed by atoms with Gasteiger partial charge in [0.25, 0.3) is 5.91 Å². The van der Waals surface area contributed by atoms with Crippen LogP contribution in [-0.2, 0) is 6.54 Å². The number of nitrogens with zero attached hydrogens (tertiary/aromatic N) is 1. The predicted octanol–water partition coefficient (Wildman–Crippen LogP) is 3.19. The van der Waals surface area contributed by atoms with Crippen LogP contribution in [0.2, 0.25) is 10.0 Å². The Morgan fingerprint density at radius 3 is 2.76 bits per heavy atom. The lowest BCUT2D eigenvalue weighted by molar-refractivity contribution is 0.0977. The first-order chi connectivity index (χ1) is 10.1. The molecule has 0 saturated heterocycles. The number of aromatic nitrogens is 1. The van der Waals surface area contributed by atoms with E-state index in [-0.39, 0.29) is 16.0 Å². The van der Waals surface area contributed by atoms with Gasteiger partial charge in [-0.1, -0.05) is 29.3 Å². The quantitative estimate of drug-likeness (QED) is 0.843. The lowest BCUT2D eigenvalue weighted by atomic mass is 10.2. The summed E-state index contributed by atoms with van der Waals surface area (Å²) in [6.45, 7) is 0.474. The number of pyridine rings is 1. The first kappa shape index (κ1) is 15.7. The molecule has 0 aliphatic heterocycles. The average molecular weight is 340 g/mol. The summed E-state index contributed by atoms with van der Waals surface area (Å²) in [4.78, 5) is 16.0. The summed E-state index contributed by atoms with van der Waals surface area (Å²) in [6, 6.07) is 8.37. The van der Waals surface area contributed by atoms with Gasteiger partial charge in [-0.25, -0.2) is 0 Å². The maximum absolute atomic E-state index is 12.0. The number of carbonyl (C=O) groups is 1. The van der Waals surface area contributed by atoms with Crippen molar-refractivity contribution < 1.29 is 4.79 Å². The average Bonchev–Trinajstić information content (AvgIpc) is 2.46. The van der Waals surface area contributed by atoms with Gasteiger partial charge in [0.15, 0.2) is 5.11 Å². The zero-order chi connectivity index (χ0) is 15.2. The molecule has 0 unspecified atom stereocenters. The second kappa shape index (κ2) is 7.36. The van der Waals surface area contributed by atoms with Crippen molar-refractivity contribution in [3.8, 4) is 0 Å². The molecule has 0 atom stereocenters. The molecular weight excluding hydrogens is 329 g/mol. The Hall–Kier alpha value is -1.69. The van der Waals surface area contributed by atoms with E-state index in [1.54, 1.807) is 24.5 Å². The summed E-state index contributed by atoms with van der Waals surface area (Å²) in [5.74, 6) is -0.389. The topological polar surface area (TPSA) is 54.0 Å². The largest absolute Gasteiger partial charge is 0.358 e. The van der Waals surface area contributed by atoms with E-state index in [4.69, 9.17) is 35.4 Å². The van der Waals surface area contributed by atoms with Crippen LogP contribution in [0.25, 0.3) is 0 Å². The molecule has 0 bridgehead atoms. The Labute approximate surface area is 137 Å². The Morgan fingerprint density at radius 1 is 1.29 bits per heavy atom. The van der Waals surface area contributed by atoms with E-state index in [0.717, 1.165) is 5.56 Å². The lowest BCUT2D eigenvalue weighted by Crippen LogP contribution is -2.38. The van der Waals surface area contributed by atoms with Gasteiger partial charge in [-0.2, -0.15) is 0 Å². The van der Waals surface area contributed by atoms with Crippen LogP contribution in [0.15, 0.2) is 42.7 Å². The van der Waals surface area contributed by atoms with E-state index in [1.807, 2.05) is 12.1 Å². The van der Waals surface area contributed by atoms with Gasteiger partial charge in [0.1, 0.15) is 0 Å². The number of hydrogen-bond acceptors (Lipinski definition) is 3. The van der Waals surface area contributed by atoms with Crippen LogP contribution in [0.4, 0.5) is 0 Å². The number of benzene rings is 1. The zero-order valence-corrected chi connectivity index (χ0v) is 13.1. The number of thiocarbonyl (C=S) groups is 1. The van der Waals surface area contributed by atoms with Crippen molar-refractivity contribution in [2.24, 2.45) is 0 Å². The molecule has 0 fully saturated rings. The van der Waals surface area contributed by atoms with Crippen molar-refractivity contribution in [1.82, 2.24) is 15.6 Å². The minimum atomic E-state index is -0.389. The van der Waals surface area contributed by atoms with Gasteiger partial charge >= 0.3 is 0 Å². The minimum Gasteiger partial charge on any atom is -0.358 e. The fraction of sp³-hybridized carbons (Fsp3) is 0.0714. The number of hydrogen-bond donors (Lipinski definition) is 2. The van der Waals surface area contributed by atoms with E-state index in [1.165, 1.54) is 6.07 Å². The van der Waals surface area contributed by atoms with Crippen LogP contribution in [0.3, 0.4) is 0 Å². The van der Waals surface area contributed by atoms with Crippen LogP contribution in [-0.4, -0.2) is 16.0 Å². The van der Waals surface area contributed by atoms with Crippen molar-refractivity contribution >= 4 is 46.4 Å². The number of amides is 1. The number of nitrogens with one attached hydrogen (secondary N) is 2. The third-order valence-electron chi connectivity index (χ3n) is 2.58. The van der Waals surface area contributed by atoms with Crippen molar-refractivity contribution in [3.63, 3.8) is 0 Å². The maximum Gasteiger partial charge on any atom is 0.258 e. The summed E-state index contributed by atoms with van der Waals surface area (Å²) < 4.78 is 0. The number of rotatable bonds is 3. The van der Waals surface area contributed by atoms with Crippen molar-refractivity contribution in [2.45, 2.75) is 6.54 Å². The Kier molecular flexibility index (Phi) is 5.50. The smallest absolute Gasteiger partial charge is 0.258 e. The molecule has 0 spiro atoms. The minimum absolute atomic E-state index is 0.217. The van der Waals surface area contributed by atoms with Gasteiger partial charge in [0.2, 0.25) is 0 Å². The van der Waals surface area contributed by atoms with E-state index < -0.39 is 0 Å². The molecule has 1 aromatic carbocycles. The zero-order valence-electron chi connectivity index (χ0n) is 10.8. The molecule has 2 rings (SSSR count). The Balaban J connectivity index is 1.91. The van der Waals surface area contributed by atoms with E-state index in [0.29, 0.717) is 17.1 Å². The maximum atomic E-state index is 12.0. The van der Waals surface area contributed by atoms with Crippen molar-refractivity contribution in [3.05, 3.63) is 63.9 Å². The highest BCUT2D eigenvalue weighted by molar-refractivity contribution is 7.80. The third kappa shape index (κ3) is 4.67. The molecule has 1 amide bonds. The van der Waals surface area contributed by atoms with Crippen LogP contribution in [0.5, 0.6) is 0 Å². The molecule has 7 heteroatoms. The summed E-state index contributed by atoms with van der Waals surface area (Å²) in [7, 11) is 0. The second-order valence-corrected chi connectivity index (χ2v) is 5.37. The standard InChI is InChI=1S/C14H11Cl2N3OS/c15-10-3-4-11(12(16)6-10)13(20)19-14(21)18-8-9-2-1-5-17-7-9/h1-7H,8H2,(H2,18,19,20,21). The van der Waals surface area contributed by atoms with Gasteiger partial charge in [-0.15, -0.1) is 0 Å². The van der Waals surface area contributed by atoms with Crippen LogP contribution in [0.1, 0.15) is 15.9 Å². The Morgan fingerprint density at radius 2 is 2.10 bits per heavy atom. The summed E-state index contributed by atoms with van der Waals surface area (Å²) in [5.41, 5.74) is 1.27. The fourth-order valence-electron chi connectivity index (χ4n) is 1.57. The second-order valence-electron chi connectivity index (χ2n) is 4.12. The van der Waals surface area contributed by atoms with Gasteiger partial charge in [-0.05, 0) is 42.0 Å². The molecule has 1 aromatic heterocycles. The fourth-order valence-corrected chi connectivity index (χ4v) is 2.23. The first-order valence-electron chi connectivity index (χ1n) is 5.99. The summed E-state index contributed by atoms with van der Waals surface area (Å²) in [6.07, 6.45) is 3.40. The molecule has 0 aliphatic rings. The molecule has 21 heavy (non-hydrogen) atoms. The first-order valence-corrected chi connectivity index (χ1v) is 7.16. The molecule has 0 radical (unpaired) electrons. The monoisotopic (exact) mass is 339 g/mol. The van der Waals surface area contributed by atoms with Crippen molar-refractivity contribution in [2.75, 3.05) is 0 Å². The van der Waals surface area contributed by atoms with E-state index in [9.17, 15) is 4.79 Å². The molecule has 0 aliphatic carbocycles. The van der Waals surface area contributed by atoms with E-state index >= 15 is 0 Å². The number of carbonyl (C=O) groups excluding carboxylic acids is 1. The van der Waals surface area contributed by atoms with Crippen LogP contribution < -0.4 is 10.6 Å². The van der Waals surface area contributed by atoms with Crippen molar-refractivity contribution in [1.29, 1.82) is 0 Å². The highest BCUT2D eigenvalue weighted by Crippen LogP contribution is 2.20. The SMILES string of the molecule is O=C(NC(=S)NCc1cccnc1)c1ccc(Cl)cc1Cl. The lowest BCUT2D eigenvalue weighted by Gasteiger charge is -2.10. The van der Waals surface area contributed by atoms with Crippen LogP contribution in [0, 0.1) is 0 Å². The molecule has 0 saturated carbocycles. The normalized spacial score (nSPS) is 10.0. The molecule has 4 nitrogen and oxygen atoms in total. The highest BCUT2D eigenvalue weighted by atomic mass is 35.5. The number of halogens is 2. The van der Waals surface area contributed by atoms with Gasteiger partial charge < -0.3 is 5.32 Å². The molecule has 1 heterocycles. The van der Waals surface area contributed by atoms with E-state index in [2.05, 4.69) is 15.6 Å². The van der Waals surface area contributed by atoms with Gasteiger partial charge in [-0.3, -0.25) is 15.1 Å². The summed E-state index contributed by atoms with van der Waals surface area (Å²) in [5, 5.41) is 6.44. The van der Waals surface area contributed by atoms with Gasteiger partial charge in [0, 0.05) is 24.0 Å². The molecule has 2 N–H and O–H groups in total. The molecule has 108 valence electrons. The molecular formula is C14H11Cl2N3OS. The molecule has 2 aromatic rings. The predicted molar refractivity (Wildman–Crippen MR) is 87.6 cm³/mol. The van der Waals surface area contributed by atoms with Crippen LogP contribution >= 0.6 is 35.4 Å². The summed E-state index contributed by atoms with van der Waals surface area (Å²) >= 11 is 16.8. The third-order valence-corrected chi connectivity index (χ3v) is 3.37. The Bertz CT molecular complexity index is 665. The highest BCUT2D eigenvalue weighted by Gasteiger charge is 2.12. The van der Waals surface area contributed by atoms with Gasteiger partial charge in [0.05, 0.1) is 10.6 Å².